The summed E-state index contributed by atoms with van der Waals surface area (Å²) < 4.78 is 5.26. The van der Waals surface area contributed by atoms with Gasteiger partial charge in [0.15, 0.2) is 5.96 Å². The molecule has 0 aromatic heterocycles. The summed E-state index contributed by atoms with van der Waals surface area (Å²) >= 11 is 0. The van der Waals surface area contributed by atoms with Crippen LogP contribution in [0.25, 0.3) is 0 Å². The quantitative estimate of drug-likeness (QED) is 0.438. The first-order valence-corrected chi connectivity index (χ1v) is 6.74. The number of ether oxygens (including phenoxy) is 1. The number of halogens is 1. The Morgan fingerprint density at radius 3 is 1.81 bits per heavy atom. The zero-order valence-electron chi connectivity index (χ0n) is 14.8. The largest absolute Gasteiger partial charge is 0.444 e. The Labute approximate surface area is 146 Å². The minimum atomic E-state index is -0.498. The smallest absolute Gasteiger partial charge is 0.408 e. The predicted molar refractivity (Wildman–Crippen MR) is 98.5 cm³/mol. The van der Waals surface area contributed by atoms with Gasteiger partial charge >= 0.3 is 6.09 Å². The molecular formula is C14H31IN4O2. The van der Waals surface area contributed by atoms with Gasteiger partial charge in [0, 0.05) is 28.2 Å². The van der Waals surface area contributed by atoms with E-state index in [0.717, 1.165) is 5.96 Å². The van der Waals surface area contributed by atoms with Crippen LogP contribution in [0.5, 0.6) is 0 Å². The van der Waals surface area contributed by atoms with Crippen molar-refractivity contribution in [1.82, 2.24) is 15.1 Å². The first kappa shape index (κ1) is 22.5. The van der Waals surface area contributed by atoms with Gasteiger partial charge in [0.1, 0.15) is 5.60 Å². The third kappa shape index (κ3) is 10.6. The molecular weight excluding hydrogens is 383 g/mol. The van der Waals surface area contributed by atoms with Gasteiger partial charge in [-0.05, 0) is 34.6 Å². The average Bonchev–Trinajstić information content (AvgIpc) is 2.10. The van der Waals surface area contributed by atoms with Crippen LogP contribution in [0.2, 0.25) is 0 Å². The Bertz CT molecular complexity index is 350. The van der Waals surface area contributed by atoms with E-state index < -0.39 is 17.2 Å². The van der Waals surface area contributed by atoms with Crippen LogP contribution in [0.3, 0.4) is 0 Å². The van der Waals surface area contributed by atoms with Gasteiger partial charge in [0.25, 0.3) is 0 Å². The molecule has 0 aromatic carbocycles. The van der Waals surface area contributed by atoms with E-state index in [9.17, 15) is 4.79 Å². The molecule has 0 aliphatic rings. The van der Waals surface area contributed by atoms with Crippen LogP contribution in [0, 0.1) is 0 Å². The van der Waals surface area contributed by atoms with Crippen LogP contribution < -0.4 is 5.32 Å². The summed E-state index contributed by atoms with van der Waals surface area (Å²) in [6.07, 6.45) is -0.422. The molecule has 0 saturated carbocycles. The van der Waals surface area contributed by atoms with E-state index in [1.54, 1.807) is 0 Å². The Morgan fingerprint density at radius 2 is 1.48 bits per heavy atom. The summed E-state index contributed by atoms with van der Waals surface area (Å²) in [4.78, 5) is 20.2. The number of aliphatic imine (C=N–C) groups is 1. The Kier molecular flexibility index (Phi) is 9.29. The predicted octanol–water partition coefficient (Wildman–Crippen LogP) is 2.39. The van der Waals surface area contributed by atoms with Crippen molar-refractivity contribution in [3.63, 3.8) is 0 Å². The van der Waals surface area contributed by atoms with E-state index in [4.69, 9.17) is 4.74 Å². The molecule has 6 nitrogen and oxygen atoms in total. The molecule has 0 rings (SSSR count). The summed E-state index contributed by atoms with van der Waals surface area (Å²) in [5.74, 6) is 0.851. The van der Waals surface area contributed by atoms with Crippen LogP contribution in [-0.2, 0) is 4.74 Å². The van der Waals surface area contributed by atoms with Crippen LogP contribution in [0.4, 0.5) is 4.79 Å². The highest BCUT2D eigenvalue weighted by atomic mass is 127. The third-order valence-corrected chi connectivity index (χ3v) is 2.26. The number of rotatable bonds is 3. The molecule has 0 radical (unpaired) electrons. The van der Waals surface area contributed by atoms with Crippen molar-refractivity contribution in [2.24, 2.45) is 4.99 Å². The molecule has 21 heavy (non-hydrogen) atoms. The summed E-state index contributed by atoms with van der Waals surface area (Å²) in [5, 5.41) is 2.84. The van der Waals surface area contributed by atoms with Gasteiger partial charge in [0.2, 0.25) is 0 Å². The van der Waals surface area contributed by atoms with Crippen molar-refractivity contribution in [3.05, 3.63) is 0 Å². The number of nitrogens with zero attached hydrogens (tertiary/aromatic N) is 3. The number of hydrogen-bond acceptors (Lipinski definition) is 3. The number of carbonyl (C=O) groups excluding carboxylic acids is 1. The van der Waals surface area contributed by atoms with Gasteiger partial charge in [0.05, 0.1) is 12.1 Å². The molecule has 1 N–H and O–H groups in total. The standard InChI is InChI=1S/C14H30N4O2.HI/c1-13(2,3)20-12(19)16-14(4,5)10-15-11(17(6)7)18(8)9;/h10H2,1-9H3,(H,16,19);1H. The molecule has 7 heteroatoms. The maximum Gasteiger partial charge on any atom is 0.408 e. The second-order valence-electron chi connectivity index (χ2n) is 6.92. The lowest BCUT2D eigenvalue weighted by molar-refractivity contribution is 0.0476. The number of alkyl carbamates (subject to hydrolysis) is 1. The fourth-order valence-corrected chi connectivity index (χ4v) is 1.57. The molecule has 0 unspecified atom stereocenters. The third-order valence-electron chi connectivity index (χ3n) is 2.26. The number of nitrogens with one attached hydrogen (secondary N) is 1. The SMILES string of the molecule is CN(C)C(=NCC(C)(C)NC(=O)OC(C)(C)C)N(C)C.I. The van der Waals surface area contributed by atoms with Crippen molar-refractivity contribution in [1.29, 1.82) is 0 Å². The van der Waals surface area contributed by atoms with Crippen molar-refractivity contribution >= 4 is 36.0 Å². The Hall–Kier alpha value is -0.730. The highest BCUT2D eigenvalue weighted by Crippen LogP contribution is 2.10. The fourth-order valence-electron chi connectivity index (χ4n) is 1.57. The van der Waals surface area contributed by atoms with Crippen LogP contribution in [0.15, 0.2) is 4.99 Å². The maximum atomic E-state index is 11.8. The molecule has 0 saturated heterocycles. The Balaban J connectivity index is 0. The molecule has 0 fully saturated rings. The monoisotopic (exact) mass is 414 g/mol. The van der Waals surface area contributed by atoms with E-state index in [1.165, 1.54) is 0 Å². The van der Waals surface area contributed by atoms with E-state index in [1.807, 2.05) is 72.6 Å². The van der Waals surface area contributed by atoms with Gasteiger partial charge in [-0.15, -0.1) is 24.0 Å². The molecule has 0 spiro atoms. The zero-order valence-corrected chi connectivity index (χ0v) is 17.1. The molecule has 0 aliphatic heterocycles. The summed E-state index contributed by atoms with van der Waals surface area (Å²) in [6.45, 7) is 9.83. The summed E-state index contributed by atoms with van der Waals surface area (Å²) in [5.41, 5.74) is -0.971. The molecule has 0 heterocycles. The highest BCUT2D eigenvalue weighted by Gasteiger charge is 2.24. The topological polar surface area (TPSA) is 57.2 Å². The second-order valence-corrected chi connectivity index (χ2v) is 6.92. The Morgan fingerprint density at radius 1 is 1.05 bits per heavy atom. The second kappa shape index (κ2) is 8.65. The van der Waals surface area contributed by atoms with Crippen LogP contribution in [0.1, 0.15) is 34.6 Å². The van der Waals surface area contributed by atoms with E-state index in [0.29, 0.717) is 6.54 Å². The fraction of sp³-hybridized carbons (Fsp3) is 0.857. The molecule has 0 aromatic rings. The first-order chi connectivity index (χ1) is 8.84. The average molecular weight is 414 g/mol. The molecule has 1 amide bonds. The van der Waals surface area contributed by atoms with Gasteiger partial charge < -0.3 is 19.9 Å². The lowest BCUT2D eigenvalue weighted by atomic mass is 10.1. The summed E-state index contributed by atoms with van der Waals surface area (Å²) in [7, 11) is 7.75. The minimum Gasteiger partial charge on any atom is -0.444 e. The first-order valence-electron chi connectivity index (χ1n) is 6.74. The van der Waals surface area contributed by atoms with Gasteiger partial charge in [-0.3, -0.25) is 4.99 Å². The molecule has 126 valence electrons. The van der Waals surface area contributed by atoms with Crippen molar-refractivity contribution in [3.8, 4) is 0 Å². The highest BCUT2D eigenvalue weighted by molar-refractivity contribution is 14.0. The van der Waals surface area contributed by atoms with E-state index >= 15 is 0 Å². The van der Waals surface area contributed by atoms with Gasteiger partial charge in [-0.25, -0.2) is 4.79 Å². The normalized spacial score (nSPS) is 11.1. The molecule has 0 atom stereocenters. The number of amides is 1. The molecule has 0 bridgehead atoms. The molecule has 0 aliphatic carbocycles. The zero-order chi connectivity index (χ0) is 16.1. The van der Waals surface area contributed by atoms with E-state index in [2.05, 4.69) is 10.3 Å². The van der Waals surface area contributed by atoms with Crippen molar-refractivity contribution < 1.29 is 9.53 Å². The maximum absolute atomic E-state index is 11.8. The lowest BCUT2D eigenvalue weighted by Crippen LogP contribution is -2.48. The lowest BCUT2D eigenvalue weighted by Gasteiger charge is -2.29. The van der Waals surface area contributed by atoms with Crippen molar-refractivity contribution in [2.75, 3.05) is 34.7 Å². The number of guanidine groups is 1. The van der Waals surface area contributed by atoms with E-state index in [-0.39, 0.29) is 24.0 Å². The van der Waals surface area contributed by atoms with Gasteiger partial charge in [-0.1, -0.05) is 0 Å². The number of hydrogen-bond donors (Lipinski definition) is 1. The number of carbonyl (C=O) groups is 1. The minimum absolute atomic E-state index is 0. The van der Waals surface area contributed by atoms with Crippen LogP contribution in [-0.4, -0.2) is 67.7 Å². The van der Waals surface area contributed by atoms with Crippen molar-refractivity contribution in [2.45, 2.75) is 45.8 Å². The van der Waals surface area contributed by atoms with Crippen LogP contribution >= 0.6 is 24.0 Å². The summed E-state index contributed by atoms with van der Waals surface area (Å²) in [6, 6.07) is 0. The van der Waals surface area contributed by atoms with Gasteiger partial charge in [-0.2, -0.15) is 0 Å².